The predicted molar refractivity (Wildman–Crippen MR) is 285 cm³/mol. The number of hydrogen-bond donors (Lipinski definition) is 0. The normalized spacial score (nSPS) is 19.2. The molecular weight excluding hydrogens is 859 g/mol. The zero-order chi connectivity index (χ0) is 45.9. The number of anilines is 4. The molecule has 3 unspecified atom stereocenters. The number of hydrogen-bond acceptors (Lipinski definition) is 5. The molecule has 6 aliphatic rings. The van der Waals surface area contributed by atoms with Gasteiger partial charge in [0.15, 0.2) is 0 Å². The molecule has 0 saturated heterocycles. The highest BCUT2D eigenvalue weighted by Crippen LogP contribution is 2.54. The zero-order valence-corrected chi connectivity index (χ0v) is 37.8. The van der Waals surface area contributed by atoms with Crippen molar-refractivity contribution in [2.24, 2.45) is 0 Å². The molecule has 0 amide bonds. The van der Waals surface area contributed by atoms with Crippen molar-refractivity contribution in [3.63, 3.8) is 0 Å². The van der Waals surface area contributed by atoms with Gasteiger partial charge in [0.2, 0.25) is 23.3 Å². The Kier molecular flexibility index (Phi) is 8.45. The second-order valence-electron chi connectivity index (χ2n) is 18.5. The maximum Gasteiger partial charge on any atom is 0.255 e. The molecule has 3 aliphatic carbocycles. The van der Waals surface area contributed by atoms with Gasteiger partial charge in [0.25, 0.3) is 5.69 Å². The maximum absolute atomic E-state index is 7.61. The molecule has 6 heteroatoms. The summed E-state index contributed by atoms with van der Waals surface area (Å²) in [4.78, 5) is 4.77. The molecule has 3 aliphatic heterocycles. The highest BCUT2D eigenvalue weighted by atomic mass is 16.5. The molecular formula is C64H42N3O3+. The largest absolute Gasteiger partial charge is 0.481 e. The molecule has 3 atom stereocenters. The molecule has 6 bridgehead atoms. The molecule has 4 heterocycles. The molecule has 0 N–H and O–H groups in total. The van der Waals surface area contributed by atoms with Gasteiger partial charge in [-0.1, -0.05) is 121 Å². The highest BCUT2D eigenvalue weighted by molar-refractivity contribution is 6.16. The quantitative estimate of drug-likeness (QED) is 0.156. The van der Waals surface area contributed by atoms with Gasteiger partial charge < -0.3 is 23.7 Å². The third kappa shape index (κ3) is 5.83. The van der Waals surface area contributed by atoms with E-state index < -0.39 is 6.10 Å². The third-order valence-corrected chi connectivity index (χ3v) is 14.6. The van der Waals surface area contributed by atoms with Crippen LogP contribution in [0.5, 0.6) is 5.75 Å². The molecule has 0 radical (unpaired) electrons. The number of allylic oxidation sites excluding steroid dienone is 5. The number of fused-ring (bicyclic) bond motifs is 7. The Bertz CT molecular complexity index is 3910. The summed E-state index contributed by atoms with van der Waals surface area (Å²) in [6, 6.07) is 64.6. The molecule has 0 spiro atoms. The standard InChI is InChI=1S/C64H42N3O3/c1-5-17-41(18-6-1)65(42-19-7-2-8-20-42)45-32-34-60-52(36-45)51-35-40(31-33-59(51)68-60)49-38-57-64-62-47(49)26-15-27-48(62)50-37-53-46-25-13-14-30-58(46)69-61(53)39-56(50)66(43-21-9-3-10-22-43)54-28-16-29-55(63(54)70-64)67(57)44-23-11-4-12-24-44/h1-39,56,58,63H/q+1. The van der Waals surface area contributed by atoms with Crippen LogP contribution in [-0.2, 0) is 4.74 Å². The van der Waals surface area contributed by atoms with Crippen molar-refractivity contribution in [3.05, 3.63) is 265 Å². The fourth-order valence-electron chi connectivity index (χ4n) is 11.6. The van der Waals surface area contributed by atoms with Crippen molar-refractivity contribution >= 4 is 78.1 Å². The Labute approximate surface area is 404 Å². The van der Waals surface area contributed by atoms with E-state index in [0.29, 0.717) is 0 Å². The van der Waals surface area contributed by atoms with Gasteiger partial charge in [-0.3, -0.25) is 0 Å². The van der Waals surface area contributed by atoms with Crippen LogP contribution >= 0.6 is 0 Å². The van der Waals surface area contributed by atoms with Crippen LogP contribution in [0.2, 0.25) is 0 Å². The van der Waals surface area contributed by atoms with E-state index in [4.69, 9.17) is 13.9 Å². The van der Waals surface area contributed by atoms with Crippen molar-refractivity contribution in [2.75, 3.05) is 9.80 Å². The summed E-state index contributed by atoms with van der Waals surface area (Å²) in [6.45, 7) is 0. The van der Waals surface area contributed by atoms with Crippen LogP contribution in [0, 0.1) is 0 Å². The Morgan fingerprint density at radius 1 is 0.571 bits per heavy atom. The summed E-state index contributed by atoms with van der Waals surface area (Å²) in [5.41, 5.74) is 16.9. The van der Waals surface area contributed by atoms with Crippen molar-refractivity contribution in [2.45, 2.75) is 18.2 Å². The van der Waals surface area contributed by atoms with Crippen LogP contribution in [-0.4, -0.2) is 24.0 Å². The summed E-state index contributed by atoms with van der Waals surface area (Å²) in [6.07, 6.45) is 19.4. The van der Waals surface area contributed by atoms with Crippen molar-refractivity contribution < 1.29 is 13.9 Å². The van der Waals surface area contributed by atoms with Gasteiger partial charge in [0.05, 0.1) is 11.7 Å². The minimum Gasteiger partial charge on any atom is -0.481 e. The summed E-state index contributed by atoms with van der Waals surface area (Å²) in [7, 11) is 0. The first-order chi connectivity index (χ1) is 34.7. The second-order valence-corrected chi connectivity index (χ2v) is 18.5. The second kappa shape index (κ2) is 15.2. The summed E-state index contributed by atoms with van der Waals surface area (Å²) < 4.78 is 23.4. The van der Waals surface area contributed by atoms with Crippen molar-refractivity contribution in [1.82, 2.24) is 4.58 Å². The van der Waals surface area contributed by atoms with Gasteiger partial charge in [0.1, 0.15) is 23.0 Å². The smallest absolute Gasteiger partial charge is 0.255 e. The van der Waals surface area contributed by atoms with E-state index in [0.717, 1.165) is 112 Å². The van der Waals surface area contributed by atoms with Gasteiger partial charge in [0, 0.05) is 74.3 Å². The molecule has 0 saturated carbocycles. The molecule has 70 heavy (non-hydrogen) atoms. The molecule has 330 valence electrons. The average Bonchev–Trinajstić information content (AvgIpc) is 3.99. The van der Waals surface area contributed by atoms with Gasteiger partial charge in [-0.05, 0) is 119 Å². The predicted octanol–water partition coefficient (Wildman–Crippen LogP) is 15.4. The number of para-hydroxylation sites is 4. The Morgan fingerprint density at radius 3 is 2.09 bits per heavy atom. The highest BCUT2D eigenvalue weighted by Gasteiger charge is 2.47. The van der Waals surface area contributed by atoms with Crippen LogP contribution in [0.3, 0.4) is 0 Å². The van der Waals surface area contributed by atoms with E-state index in [2.05, 4.69) is 251 Å². The molecule has 8 aromatic carbocycles. The first-order valence-corrected chi connectivity index (χ1v) is 24.0. The number of nitrogens with zero attached hydrogens (tertiary/aromatic N) is 3. The van der Waals surface area contributed by atoms with E-state index in [-0.39, 0.29) is 12.1 Å². The van der Waals surface area contributed by atoms with Crippen LogP contribution in [0.4, 0.5) is 34.1 Å². The number of rotatable bonds is 6. The first kappa shape index (κ1) is 38.9. The molecule has 15 rings (SSSR count). The summed E-state index contributed by atoms with van der Waals surface area (Å²) in [5, 5.41) is 4.29. The van der Waals surface area contributed by atoms with Gasteiger partial charge in [-0.2, -0.15) is 4.58 Å². The fraction of sp³-hybridized carbons (Fsp3) is 0.0469. The molecule has 6 nitrogen and oxygen atoms in total. The minimum absolute atomic E-state index is 0.127. The third-order valence-electron chi connectivity index (χ3n) is 14.6. The summed E-state index contributed by atoms with van der Waals surface area (Å²) >= 11 is 0. The van der Waals surface area contributed by atoms with Crippen molar-refractivity contribution in [3.8, 4) is 16.9 Å². The number of ether oxygens (including phenoxy) is 2. The van der Waals surface area contributed by atoms with E-state index in [1.807, 2.05) is 0 Å². The zero-order valence-electron chi connectivity index (χ0n) is 37.8. The molecule has 1 aromatic heterocycles. The fourth-order valence-corrected chi connectivity index (χ4v) is 11.6. The lowest BCUT2D eigenvalue weighted by atomic mass is 9.83. The Balaban J connectivity index is 1.01. The monoisotopic (exact) mass is 900 g/mol. The topological polar surface area (TPSA) is 41.1 Å². The number of benzene rings is 8. The lowest BCUT2D eigenvalue weighted by Gasteiger charge is -2.39. The van der Waals surface area contributed by atoms with Gasteiger partial charge in [-0.25, -0.2) is 0 Å². The van der Waals surface area contributed by atoms with E-state index >= 15 is 0 Å². The van der Waals surface area contributed by atoms with E-state index in [1.165, 1.54) is 11.1 Å². The van der Waals surface area contributed by atoms with E-state index in [9.17, 15) is 0 Å². The van der Waals surface area contributed by atoms with E-state index in [1.54, 1.807) is 0 Å². The average molecular weight is 901 g/mol. The SMILES string of the molecule is C1=CC2=C3C=C4c5cccc6c(-c7ccc8oc9ccc(N(c%10ccccc%10)c%10ccccc%10)cc9c8c7)cc7c(c56)OC5C(=CC=CC5=[N+]7c5ccccc5)N(c5ccccc5)C4C=C3OC2C=C1. The van der Waals surface area contributed by atoms with Gasteiger partial charge >= 0.3 is 0 Å². The Morgan fingerprint density at radius 2 is 1.30 bits per heavy atom. The molecule has 9 aromatic rings. The van der Waals surface area contributed by atoms with Crippen LogP contribution in [0.15, 0.2) is 264 Å². The van der Waals surface area contributed by atoms with Crippen LogP contribution in [0.1, 0.15) is 5.56 Å². The minimum atomic E-state index is -0.426. The summed E-state index contributed by atoms with van der Waals surface area (Å²) in [5.74, 6) is 1.76. The molecule has 0 fully saturated rings. The number of furan rings is 1. The maximum atomic E-state index is 7.61. The van der Waals surface area contributed by atoms with Crippen LogP contribution in [0.25, 0.3) is 49.4 Å². The van der Waals surface area contributed by atoms with Crippen LogP contribution < -0.4 is 19.1 Å². The van der Waals surface area contributed by atoms with Gasteiger partial charge in [-0.15, -0.1) is 0 Å². The van der Waals surface area contributed by atoms with Crippen molar-refractivity contribution in [1.29, 1.82) is 0 Å². The lowest BCUT2D eigenvalue weighted by Crippen LogP contribution is -2.47. The first-order valence-electron chi connectivity index (χ1n) is 24.0. The lowest BCUT2D eigenvalue weighted by molar-refractivity contribution is 0.212. The Hall–Kier alpha value is -9.13.